The number of amides is 2. The van der Waals surface area contributed by atoms with Crippen molar-refractivity contribution in [3.05, 3.63) is 0 Å². The van der Waals surface area contributed by atoms with Crippen LogP contribution in [0, 0.1) is 11.8 Å². The largest absolute Gasteiger partial charge is 0.395 e. The van der Waals surface area contributed by atoms with Gasteiger partial charge in [-0.15, -0.1) is 0 Å². The van der Waals surface area contributed by atoms with Crippen LogP contribution in [0.25, 0.3) is 0 Å². The zero-order valence-corrected chi connectivity index (χ0v) is 41.7. The average Bonchev–Trinajstić information content (AvgIpc) is 3.26. The standard InChI is InChI=1S/C54H108N4O3/c1-5-9-13-17-19-26-36-50(34-24-15-11-7-3)48-53(60)55-40-30-22-32-42-57(44-45-58(46-47-59)52-38-28-21-29-39-52)43-33-23-31-41-56-54(61)49-51(35-25-16-12-8-4)37-27-20-18-14-10-6-2/h50-52,59H,5-49H2,1-4H3,(H,55,60)(H,56,61). The van der Waals surface area contributed by atoms with E-state index in [1.54, 1.807) is 0 Å². The topological polar surface area (TPSA) is 84.9 Å². The molecule has 1 aliphatic carbocycles. The molecule has 1 rings (SSSR count). The molecule has 0 aromatic rings. The van der Waals surface area contributed by atoms with E-state index in [-0.39, 0.29) is 18.4 Å². The minimum absolute atomic E-state index is 0.241. The molecular formula is C54H108N4O3. The molecule has 0 saturated heterocycles. The molecule has 1 fully saturated rings. The molecule has 61 heavy (non-hydrogen) atoms. The van der Waals surface area contributed by atoms with E-state index < -0.39 is 0 Å². The van der Waals surface area contributed by atoms with E-state index in [2.05, 4.69) is 48.1 Å². The van der Waals surface area contributed by atoms with Crippen molar-refractivity contribution in [3.63, 3.8) is 0 Å². The lowest BCUT2D eigenvalue weighted by molar-refractivity contribution is -0.123. The molecule has 2 amide bonds. The van der Waals surface area contributed by atoms with Gasteiger partial charge in [-0.2, -0.15) is 0 Å². The summed E-state index contributed by atoms with van der Waals surface area (Å²) in [5, 5.41) is 16.5. The van der Waals surface area contributed by atoms with Crippen LogP contribution in [0.5, 0.6) is 0 Å². The highest BCUT2D eigenvalue weighted by Crippen LogP contribution is 2.25. The number of aliphatic hydroxyl groups is 1. The first kappa shape index (κ1) is 57.8. The van der Waals surface area contributed by atoms with Crippen LogP contribution in [-0.2, 0) is 9.59 Å². The summed E-state index contributed by atoms with van der Waals surface area (Å²) in [5.74, 6) is 1.63. The van der Waals surface area contributed by atoms with E-state index in [9.17, 15) is 14.7 Å². The highest BCUT2D eigenvalue weighted by atomic mass is 16.3. The lowest BCUT2D eigenvalue weighted by Crippen LogP contribution is -2.43. The van der Waals surface area contributed by atoms with Gasteiger partial charge in [-0.3, -0.25) is 14.5 Å². The van der Waals surface area contributed by atoms with Crippen molar-refractivity contribution in [2.24, 2.45) is 11.8 Å². The normalized spacial score (nSPS) is 14.5. The van der Waals surface area contributed by atoms with Crippen molar-refractivity contribution in [3.8, 4) is 0 Å². The number of hydrogen-bond donors (Lipinski definition) is 3. The van der Waals surface area contributed by atoms with Gasteiger partial charge >= 0.3 is 0 Å². The van der Waals surface area contributed by atoms with Gasteiger partial charge < -0.3 is 20.6 Å². The van der Waals surface area contributed by atoms with Gasteiger partial charge in [0.25, 0.3) is 0 Å². The molecule has 0 aromatic carbocycles. The Morgan fingerprint density at radius 2 is 0.836 bits per heavy atom. The van der Waals surface area contributed by atoms with Crippen molar-refractivity contribution in [1.82, 2.24) is 20.4 Å². The fraction of sp³-hybridized carbons (Fsp3) is 0.963. The third-order valence-corrected chi connectivity index (χ3v) is 13.9. The van der Waals surface area contributed by atoms with Gasteiger partial charge in [0.15, 0.2) is 0 Å². The average molecular weight is 861 g/mol. The quantitative estimate of drug-likeness (QED) is 0.0531. The SMILES string of the molecule is CCCCCCCCC(CCCCCC)CC(=O)NCCCCCN(CCCCCNC(=O)CC(CCCCCC)CCCCCCCC)CCN(CCO)C1CCCCC1. The number of aliphatic hydroxyl groups excluding tert-OH is 1. The third-order valence-electron chi connectivity index (χ3n) is 13.9. The summed E-state index contributed by atoms with van der Waals surface area (Å²) in [6, 6.07) is 0.624. The summed E-state index contributed by atoms with van der Waals surface area (Å²) >= 11 is 0. The first-order chi connectivity index (χ1) is 30.0. The minimum atomic E-state index is 0.241. The second kappa shape index (κ2) is 44.0. The van der Waals surface area contributed by atoms with Crippen LogP contribution >= 0.6 is 0 Å². The lowest BCUT2D eigenvalue weighted by atomic mass is 9.91. The Bertz CT molecular complexity index is 885. The Morgan fingerprint density at radius 3 is 1.25 bits per heavy atom. The Hall–Kier alpha value is -1.18. The number of carbonyl (C=O) groups is 2. The van der Waals surface area contributed by atoms with E-state index in [1.807, 2.05) is 0 Å². The van der Waals surface area contributed by atoms with Gasteiger partial charge in [0.05, 0.1) is 6.61 Å². The molecule has 2 unspecified atom stereocenters. The first-order valence-corrected chi connectivity index (χ1v) is 27.6. The summed E-state index contributed by atoms with van der Waals surface area (Å²) in [6.45, 7) is 16.0. The zero-order chi connectivity index (χ0) is 44.3. The zero-order valence-electron chi connectivity index (χ0n) is 41.7. The van der Waals surface area contributed by atoms with Gasteiger partial charge in [0.2, 0.25) is 11.8 Å². The van der Waals surface area contributed by atoms with E-state index >= 15 is 0 Å². The molecule has 0 aromatic heterocycles. The van der Waals surface area contributed by atoms with E-state index in [1.165, 1.54) is 186 Å². The van der Waals surface area contributed by atoms with Crippen LogP contribution in [0.3, 0.4) is 0 Å². The Morgan fingerprint density at radius 1 is 0.459 bits per heavy atom. The smallest absolute Gasteiger partial charge is 0.220 e. The lowest BCUT2D eigenvalue weighted by Gasteiger charge is -2.35. The van der Waals surface area contributed by atoms with Crippen molar-refractivity contribution in [1.29, 1.82) is 0 Å². The van der Waals surface area contributed by atoms with Gasteiger partial charge in [0, 0.05) is 51.6 Å². The molecule has 2 atom stereocenters. The molecule has 7 nitrogen and oxygen atoms in total. The number of hydrogen-bond acceptors (Lipinski definition) is 5. The van der Waals surface area contributed by atoms with Crippen LogP contribution in [0.4, 0.5) is 0 Å². The number of rotatable bonds is 46. The third kappa shape index (κ3) is 35.8. The second-order valence-electron chi connectivity index (χ2n) is 19.7. The Kier molecular flexibility index (Phi) is 41.8. The predicted octanol–water partition coefficient (Wildman–Crippen LogP) is 13.9. The van der Waals surface area contributed by atoms with Crippen LogP contribution in [0.1, 0.15) is 265 Å². The maximum absolute atomic E-state index is 13.0. The summed E-state index contributed by atoms with van der Waals surface area (Å²) in [7, 11) is 0. The summed E-state index contributed by atoms with van der Waals surface area (Å²) in [4.78, 5) is 31.3. The molecule has 0 aliphatic heterocycles. The van der Waals surface area contributed by atoms with Crippen LogP contribution < -0.4 is 10.6 Å². The molecule has 7 heteroatoms. The Balaban J connectivity index is 2.54. The van der Waals surface area contributed by atoms with Gasteiger partial charge in [-0.1, -0.05) is 188 Å². The van der Waals surface area contributed by atoms with E-state index in [0.29, 0.717) is 30.7 Å². The van der Waals surface area contributed by atoms with Gasteiger partial charge in [-0.05, 0) is 89.1 Å². The molecule has 3 N–H and O–H groups in total. The maximum atomic E-state index is 13.0. The van der Waals surface area contributed by atoms with Crippen molar-refractivity contribution >= 4 is 11.8 Å². The second-order valence-corrected chi connectivity index (χ2v) is 19.7. The molecule has 0 heterocycles. The van der Waals surface area contributed by atoms with Crippen LogP contribution in [0.2, 0.25) is 0 Å². The van der Waals surface area contributed by atoms with Gasteiger partial charge in [0.1, 0.15) is 0 Å². The minimum Gasteiger partial charge on any atom is -0.395 e. The molecule has 0 spiro atoms. The Labute approximate surface area is 381 Å². The van der Waals surface area contributed by atoms with Crippen molar-refractivity contribution < 1.29 is 14.7 Å². The maximum Gasteiger partial charge on any atom is 0.220 e. The highest BCUT2D eigenvalue weighted by Gasteiger charge is 2.21. The number of carbonyl (C=O) groups excluding carboxylic acids is 2. The van der Waals surface area contributed by atoms with Crippen LogP contribution in [0.15, 0.2) is 0 Å². The fourth-order valence-corrected chi connectivity index (χ4v) is 9.90. The van der Waals surface area contributed by atoms with E-state index in [4.69, 9.17) is 0 Å². The highest BCUT2D eigenvalue weighted by molar-refractivity contribution is 5.76. The van der Waals surface area contributed by atoms with Crippen molar-refractivity contribution in [2.75, 3.05) is 52.4 Å². The first-order valence-electron chi connectivity index (χ1n) is 27.6. The van der Waals surface area contributed by atoms with Crippen molar-refractivity contribution in [2.45, 2.75) is 271 Å². The summed E-state index contributed by atoms with van der Waals surface area (Å²) in [5.41, 5.74) is 0. The molecule has 362 valence electrons. The molecule has 1 aliphatic rings. The fourth-order valence-electron chi connectivity index (χ4n) is 9.90. The summed E-state index contributed by atoms with van der Waals surface area (Å²) in [6.07, 6.45) is 45.7. The van der Waals surface area contributed by atoms with E-state index in [0.717, 1.165) is 84.3 Å². The molecule has 1 saturated carbocycles. The van der Waals surface area contributed by atoms with Gasteiger partial charge in [-0.25, -0.2) is 0 Å². The number of unbranched alkanes of at least 4 members (excludes halogenated alkanes) is 20. The summed E-state index contributed by atoms with van der Waals surface area (Å²) < 4.78 is 0. The monoisotopic (exact) mass is 861 g/mol. The van der Waals surface area contributed by atoms with Crippen LogP contribution in [-0.4, -0.2) is 85.2 Å². The molecule has 0 bridgehead atoms. The number of nitrogens with one attached hydrogen (secondary N) is 2. The molecular weight excluding hydrogens is 753 g/mol. The molecule has 0 radical (unpaired) electrons. The predicted molar refractivity (Wildman–Crippen MR) is 265 cm³/mol. The number of nitrogens with zero attached hydrogens (tertiary/aromatic N) is 2.